The number of anilines is 1. The molecule has 34 heavy (non-hydrogen) atoms. The van der Waals surface area contributed by atoms with Gasteiger partial charge < -0.3 is 14.6 Å². The Morgan fingerprint density at radius 2 is 1.65 bits per heavy atom. The van der Waals surface area contributed by atoms with Crippen molar-refractivity contribution >= 4 is 49.9 Å². The number of ether oxygens (including phenoxy) is 1. The maximum absolute atomic E-state index is 13.2. The zero-order valence-electron chi connectivity index (χ0n) is 18.2. The Morgan fingerprint density at radius 1 is 0.971 bits per heavy atom. The van der Waals surface area contributed by atoms with Crippen LogP contribution in [0.2, 0.25) is 5.02 Å². The van der Waals surface area contributed by atoms with Gasteiger partial charge in [-0.25, -0.2) is 13.2 Å². The molecule has 0 fully saturated rings. The predicted molar refractivity (Wildman–Crippen MR) is 131 cm³/mol. The molecular formula is C25H21ClN2O5S. The van der Waals surface area contributed by atoms with E-state index in [1.54, 1.807) is 77.4 Å². The number of rotatable bonds is 7. The SMILES string of the molecule is COC(=O)c1ccccc1NC(=O)Cn1cc(S(=O)(=O)Cc2ccc(Cl)cc2)c2ccccc21. The first kappa shape index (κ1) is 23.5. The van der Waals surface area contributed by atoms with Crippen molar-refractivity contribution in [3.05, 3.63) is 95.1 Å². The first-order valence-electron chi connectivity index (χ1n) is 10.3. The molecule has 1 heterocycles. The maximum Gasteiger partial charge on any atom is 0.339 e. The minimum atomic E-state index is -3.70. The van der Waals surface area contributed by atoms with E-state index in [1.807, 2.05) is 0 Å². The highest BCUT2D eigenvalue weighted by molar-refractivity contribution is 7.90. The van der Waals surface area contributed by atoms with Gasteiger partial charge in [0.25, 0.3) is 0 Å². The molecule has 3 aromatic carbocycles. The highest BCUT2D eigenvalue weighted by atomic mass is 35.5. The number of carbonyl (C=O) groups excluding carboxylic acids is 2. The van der Waals surface area contributed by atoms with Gasteiger partial charge in [0, 0.05) is 22.1 Å². The zero-order valence-corrected chi connectivity index (χ0v) is 19.8. The summed E-state index contributed by atoms with van der Waals surface area (Å²) >= 11 is 5.91. The zero-order chi connectivity index (χ0) is 24.3. The monoisotopic (exact) mass is 496 g/mol. The molecular weight excluding hydrogens is 476 g/mol. The highest BCUT2D eigenvalue weighted by Crippen LogP contribution is 2.28. The molecule has 0 unspecified atom stereocenters. The molecule has 7 nitrogen and oxygen atoms in total. The Morgan fingerprint density at radius 3 is 2.38 bits per heavy atom. The lowest BCUT2D eigenvalue weighted by Gasteiger charge is -2.10. The van der Waals surface area contributed by atoms with Crippen LogP contribution in [0.4, 0.5) is 5.69 Å². The predicted octanol–water partition coefficient (Wildman–Crippen LogP) is 4.69. The van der Waals surface area contributed by atoms with Gasteiger partial charge in [-0.1, -0.05) is 54.1 Å². The fourth-order valence-corrected chi connectivity index (χ4v) is 5.40. The molecule has 4 rings (SSSR count). The fraction of sp³-hybridized carbons (Fsp3) is 0.120. The summed E-state index contributed by atoms with van der Waals surface area (Å²) in [6, 6.07) is 20.1. The van der Waals surface area contributed by atoms with Crippen LogP contribution in [0.25, 0.3) is 10.9 Å². The molecule has 4 aromatic rings. The van der Waals surface area contributed by atoms with Crippen LogP contribution >= 0.6 is 11.6 Å². The number of nitrogens with zero attached hydrogens (tertiary/aromatic N) is 1. The summed E-state index contributed by atoms with van der Waals surface area (Å²) in [6.07, 6.45) is 1.47. The van der Waals surface area contributed by atoms with Gasteiger partial charge in [-0.15, -0.1) is 0 Å². The second kappa shape index (κ2) is 9.70. The standard InChI is InChI=1S/C25H21ClN2O5S/c1-33-25(30)19-6-2-4-8-21(19)27-24(29)15-28-14-23(20-7-3-5-9-22(20)28)34(31,32)16-17-10-12-18(26)13-11-17/h2-14H,15-16H2,1H3,(H,27,29). The van der Waals surface area contributed by atoms with Gasteiger partial charge >= 0.3 is 5.97 Å². The Hall–Kier alpha value is -3.62. The number of fused-ring (bicyclic) bond motifs is 1. The minimum Gasteiger partial charge on any atom is -0.465 e. The number of aromatic nitrogens is 1. The summed E-state index contributed by atoms with van der Waals surface area (Å²) in [6.45, 7) is -0.146. The fourth-order valence-electron chi connectivity index (χ4n) is 3.69. The third kappa shape index (κ3) is 4.98. The second-order valence-electron chi connectivity index (χ2n) is 7.61. The summed E-state index contributed by atoms with van der Waals surface area (Å²) in [5.41, 5.74) is 1.75. The van der Waals surface area contributed by atoms with Gasteiger partial charge in [-0.2, -0.15) is 0 Å². The number of hydrogen-bond donors (Lipinski definition) is 1. The van der Waals surface area contributed by atoms with Crippen LogP contribution in [-0.4, -0.2) is 32.0 Å². The van der Waals surface area contributed by atoms with E-state index in [0.29, 0.717) is 27.2 Å². The molecule has 0 spiro atoms. The highest BCUT2D eigenvalue weighted by Gasteiger charge is 2.23. The Labute approximate surface area is 201 Å². The van der Waals surface area contributed by atoms with Crippen molar-refractivity contribution in [2.24, 2.45) is 0 Å². The molecule has 1 amide bonds. The number of nitrogens with one attached hydrogen (secondary N) is 1. The third-order valence-corrected chi connectivity index (χ3v) is 7.24. The molecule has 0 aliphatic heterocycles. The number of amides is 1. The van der Waals surface area contributed by atoms with E-state index in [4.69, 9.17) is 16.3 Å². The molecule has 174 valence electrons. The van der Waals surface area contributed by atoms with Crippen molar-refractivity contribution in [2.75, 3.05) is 12.4 Å². The first-order chi connectivity index (χ1) is 16.3. The number of benzene rings is 3. The van der Waals surface area contributed by atoms with E-state index in [0.717, 1.165) is 0 Å². The van der Waals surface area contributed by atoms with Crippen molar-refractivity contribution in [3.8, 4) is 0 Å². The Balaban J connectivity index is 1.63. The number of methoxy groups -OCH3 is 1. The topological polar surface area (TPSA) is 94.5 Å². The molecule has 0 aliphatic rings. The normalized spacial score (nSPS) is 11.4. The number of sulfone groups is 1. The van der Waals surface area contributed by atoms with E-state index in [1.165, 1.54) is 13.3 Å². The Kier molecular flexibility index (Phi) is 6.72. The van der Waals surface area contributed by atoms with Crippen LogP contribution in [0.1, 0.15) is 15.9 Å². The van der Waals surface area contributed by atoms with E-state index < -0.39 is 21.7 Å². The third-order valence-electron chi connectivity index (χ3n) is 5.28. The van der Waals surface area contributed by atoms with Crippen molar-refractivity contribution in [3.63, 3.8) is 0 Å². The van der Waals surface area contributed by atoms with Crippen molar-refractivity contribution in [1.82, 2.24) is 4.57 Å². The second-order valence-corrected chi connectivity index (χ2v) is 10.0. The molecule has 0 saturated heterocycles. The van der Waals surface area contributed by atoms with Gasteiger partial charge in [0.05, 0.1) is 29.0 Å². The van der Waals surface area contributed by atoms with Crippen LogP contribution in [0.5, 0.6) is 0 Å². The van der Waals surface area contributed by atoms with E-state index in [-0.39, 0.29) is 22.8 Å². The van der Waals surface area contributed by atoms with Gasteiger partial charge in [0.2, 0.25) is 5.91 Å². The smallest absolute Gasteiger partial charge is 0.339 e. The summed E-state index contributed by atoms with van der Waals surface area (Å²) in [5.74, 6) is -1.19. The minimum absolute atomic E-state index is 0.140. The van der Waals surface area contributed by atoms with Crippen molar-refractivity contribution < 1.29 is 22.7 Å². The van der Waals surface area contributed by atoms with E-state index >= 15 is 0 Å². The summed E-state index contributed by atoms with van der Waals surface area (Å²) in [4.78, 5) is 24.9. The van der Waals surface area contributed by atoms with Crippen LogP contribution in [-0.2, 0) is 31.7 Å². The molecule has 1 N–H and O–H groups in total. The molecule has 0 aliphatic carbocycles. The lowest BCUT2D eigenvalue weighted by molar-refractivity contribution is -0.116. The molecule has 0 saturated carbocycles. The van der Waals surface area contributed by atoms with Gasteiger partial charge in [-0.05, 0) is 35.9 Å². The molecule has 0 bridgehead atoms. The van der Waals surface area contributed by atoms with Gasteiger partial charge in [0.1, 0.15) is 6.54 Å². The van der Waals surface area contributed by atoms with Crippen LogP contribution < -0.4 is 5.32 Å². The number of halogens is 1. The molecule has 0 atom stereocenters. The van der Waals surface area contributed by atoms with Gasteiger partial charge in [-0.3, -0.25) is 4.79 Å². The number of hydrogen-bond acceptors (Lipinski definition) is 5. The van der Waals surface area contributed by atoms with Crippen LogP contribution in [0, 0.1) is 0 Å². The first-order valence-corrected chi connectivity index (χ1v) is 12.3. The number of esters is 1. The van der Waals surface area contributed by atoms with Gasteiger partial charge in [0.15, 0.2) is 9.84 Å². The van der Waals surface area contributed by atoms with Crippen LogP contribution in [0.15, 0.2) is 83.9 Å². The van der Waals surface area contributed by atoms with Crippen molar-refractivity contribution in [2.45, 2.75) is 17.2 Å². The van der Waals surface area contributed by atoms with Crippen molar-refractivity contribution in [1.29, 1.82) is 0 Å². The summed E-state index contributed by atoms with van der Waals surface area (Å²) in [5, 5.41) is 3.76. The molecule has 1 aromatic heterocycles. The lowest BCUT2D eigenvalue weighted by Crippen LogP contribution is -2.20. The summed E-state index contributed by atoms with van der Waals surface area (Å²) in [7, 11) is -2.44. The van der Waals surface area contributed by atoms with E-state index in [2.05, 4.69) is 5.32 Å². The number of carbonyl (C=O) groups is 2. The summed E-state index contributed by atoms with van der Waals surface area (Å²) < 4.78 is 32.8. The number of para-hydroxylation sites is 2. The largest absolute Gasteiger partial charge is 0.465 e. The maximum atomic E-state index is 13.2. The molecule has 0 radical (unpaired) electrons. The Bertz CT molecular complexity index is 1480. The van der Waals surface area contributed by atoms with Crippen LogP contribution in [0.3, 0.4) is 0 Å². The quantitative estimate of drug-likeness (QED) is 0.374. The van der Waals surface area contributed by atoms with E-state index in [9.17, 15) is 18.0 Å². The molecule has 9 heteroatoms. The average Bonchev–Trinajstić information content (AvgIpc) is 3.19. The lowest BCUT2D eigenvalue weighted by atomic mass is 10.2. The average molecular weight is 497 g/mol.